The van der Waals surface area contributed by atoms with Crippen molar-refractivity contribution in [1.29, 1.82) is 5.26 Å². The maximum Gasteiger partial charge on any atom is 0.530 e. The van der Waals surface area contributed by atoms with E-state index in [0.29, 0.717) is 28.2 Å². The van der Waals surface area contributed by atoms with Crippen LogP contribution in [-0.2, 0) is 56.6 Å². The van der Waals surface area contributed by atoms with Crippen LogP contribution in [0.4, 0.5) is 11.9 Å². The normalized spacial score (nSPS) is 19.2. The van der Waals surface area contributed by atoms with Gasteiger partial charge in [0.1, 0.15) is 65.5 Å². The average Bonchev–Trinajstić information content (AvgIpc) is 1.05. The molecule has 5 aromatic carbocycles. The van der Waals surface area contributed by atoms with Crippen LogP contribution in [0.3, 0.4) is 0 Å². The Bertz CT molecular complexity index is 4490. The second-order valence-corrected chi connectivity index (χ2v) is 26.5. The summed E-state index contributed by atoms with van der Waals surface area (Å²) in [6.07, 6.45) is -5.99. The van der Waals surface area contributed by atoms with Gasteiger partial charge in [-0.3, -0.25) is 67.0 Å². The first-order valence-corrected chi connectivity index (χ1v) is 33.8. The molecule has 2 aliphatic heterocycles. The Kier molecular flexibility index (Phi) is 21.2. The second-order valence-electron chi connectivity index (χ2n) is 22.6. The van der Waals surface area contributed by atoms with Crippen LogP contribution in [0.2, 0.25) is 10.0 Å². The van der Waals surface area contributed by atoms with E-state index in [1.807, 2.05) is 60.7 Å². The molecule has 0 bridgehead atoms. The number of methoxy groups -OCH3 is 2. The number of rotatable bonds is 28. The highest BCUT2D eigenvalue weighted by Crippen LogP contribution is 2.58. The van der Waals surface area contributed by atoms with E-state index in [-0.39, 0.29) is 81.6 Å². The van der Waals surface area contributed by atoms with Gasteiger partial charge in [-0.1, -0.05) is 130 Å². The fourth-order valence-electron chi connectivity index (χ4n) is 10.6. The van der Waals surface area contributed by atoms with Crippen molar-refractivity contribution in [2.75, 3.05) is 44.7 Å². The molecular weight excluding hydrogens is 1330 g/mol. The minimum atomic E-state index is -5.20. The highest BCUT2D eigenvalue weighted by Gasteiger charge is 2.50. The molecule has 4 aromatic heterocycles. The van der Waals surface area contributed by atoms with Crippen LogP contribution in [0.25, 0.3) is 22.3 Å². The van der Waals surface area contributed by atoms with Crippen LogP contribution >= 0.6 is 38.8 Å². The van der Waals surface area contributed by atoms with Crippen molar-refractivity contribution in [2.45, 2.75) is 89.4 Å². The number of hydrogen-bond acceptors (Lipinski definition) is 22. The van der Waals surface area contributed by atoms with Crippen LogP contribution < -0.4 is 40.3 Å². The molecule has 2 unspecified atom stereocenters. The van der Waals surface area contributed by atoms with Gasteiger partial charge in [-0.05, 0) is 65.2 Å². The number of aromatic amines is 2. The number of nitrogens with zero attached hydrogens (tertiary/aromatic N) is 7. The zero-order chi connectivity index (χ0) is 67.9. The minimum absolute atomic E-state index is 0.00151. The molecule has 9 aromatic rings. The molecule has 0 spiro atoms. The molecule has 28 nitrogen and oxygen atoms in total. The van der Waals surface area contributed by atoms with Gasteiger partial charge in [-0.25, -0.2) is 19.1 Å². The van der Waals surface area contributed by atoms with E-state index < -0.39 is 106 Å². The lowest BCUT2D eigenvalue weighted by Gasteiger charge is -2.37. The number of halogens is 2. The molecule has 502 valence electrons. The second kappa shape index (κ2) is 29.7. The molecule has 2 saturated heterocycles. The summed E-state index contributed by atoms with van der Waals surface area (Å²) >= 11 is 13.3. The number of anilines is 2. The van der Waals surface area contributed by atoms with E-state index in [9.17, 15) is 24.4 Å². The quantitative estimate of drug-likeness (QED) is 0.0201. The number of imidazole rings is 2. The number of H-pyrrole nitrogens is 2. The third-order valence-corrected chi connectivity index (χ3v) is 19.0. The zero-order valence-electron chi connectivity index (χ0n) is 52.4. The van der Waals surface area contributed by atoms with Crippen LogP contribution in [-0.4, -0.2) is 109 Å². The van der Waals surface area contributed by atoms with E-state index in [4.69, 9.17) is 74.0 Å². The SMILES string of the molecule is COc1ccc(C(OC[C@H]2O[C@@H](n3cnc4c(=O)[nH]c(NC(=O)C(C)C)nc43)C[C@@H]2OP(=O)(OC[C@H]2O[C@@H](n3cnc4c(=O)[nH]c(NC(=O)C(C)C)nc43)C[C@@H]2OP(=O)(OCCC#N)Oc2ccccc2Cl)Oc2ccccc2Cl)(c2ccccc2)c2ccc(OC)cc2)cc1. The number of amides is 2. The number of carbonyl (C=O) groups is 2. The number of para-hydroxylation sites is 2. The van der Waals surface area contributed by atoms with Gasteiger partial charge in [-0.2, -0.15) is 15.2 Å². The largest absolute Gasteiger partial charge is 0.530 e. The molecule has 11 rings (SSSR count). The molecule has 2 fully saturated rings. The smallest absolute Gasteiger partial charge is 0.497 e. The third kappa shape index (κ3) is 15.2. The van der Waals surface area contributed by atoms with E-state index >= 15 is 9.13 Å². The Balaban J connectivity index is 1.000. The molecule has 6 heterocycles. The number of phosphoric acid groups is 2. The summed E-state index contributed by atoms with van der Waals surface area (Å²) in [5.41, 5.74) is -1.17. The van der Waals surface area contributed by atoms with Crippen molar-refractivity contribution in [3.05, 3.63) is 187 Å². The molecule has 0 saturated carbocycles. The molecule has 4 N–H and O–H groups in total. The first kappa shape index (κ1) is 68.6. The lowest BCUT2D eigenvalue weighted by atomic mass is 9.80. The van der Waals surface area contributed by atoms with Gasteiger partial charge in [0.05, 0.1) is 69.2 Å². The first-order valence-electron chi connectivity index (χ1n) is 30.1. The van der Waals surface area contributed by atoms with Crippen LogP contribution in [0.15, 0.2) is 150 Å². The maximum absolute atomic E-state index is 16.3. The average molecular weight is 1390 g/mol. The topological polar surface area (TPSA) is 345 Å². The number of nitriles is 1. The van der Waals surface area contributed by atoms with Gasteiger partial charge in [0.15, 0.2) is 22.3 Å². The summed E-state index contributed by atoms with van der Waals surface area (Å²) in [6, 6.07) is 38.1. The Labute approximate surface area is 558 Å². The van der Waals surface area contributed by atoms with Crippen LogP contribution in [0.1, 0.15) is 76.1 Å². The van der Waals surface area contributed by atoms with Gasteiger partial charge in [0, 0.05) is 24.7 Å². The standard InChI is InChI=1S/C64H65Cl2N11O17P2/c1-37(2)58(78)72-62-70-56-54(60(80)74-62)68-35-76(56)52-31-48(50(89-52)33-86-64(39-15-8-7-9-16-39,40-21-25-42(84-5)26-22-40)41-23-27-43(85-6)28-24-41)94-96(83,92-47-20-13-11-18-45(47)66)88-34-51-49(93-95(82,87-30-14-29-67)91-46-19-12-10-17-44(46)65)32-53(90-51)77-36-69-55-57(77)71-63(75-61(55)81)73-59(79)38(3)4/h7-13,15-28,35-38,48-53H,14,30-34H2,1-6H3,(H2,70,72,74,78,80)(H2,71,73,75,79,81)/t48-,49-,50+,51+,52+,53+,95?,96?/m0/s1. The third-order valence-electron chi connectivity index (χ3n) is 15.5. The highest BCUT2D eigenvalue weighted by atomic mass is 35.5. The number of carbonyl (C=O) groups excluding carboxylic acids is 2. The molecule has 8 atom stereocenters. The van der Waals surface area contributed by atoms with Gasteiger partial charge >= 0.3 is 15.6 Å². The number of ether oxygens (including phenoxy) is 5. The molecular formula is C64H65Cl2N11O17P2. The van der Waals surface area contributed by atoms with Crippen molar-refractivity contribution in [3.8, 4) is 29.1 Å². The van der Waals surface area contributed by atoms with Gasteiger partial charge in [0.25, 0.3) is 11.1 Å². The number of nitrogens with one attached hydrogen (secondary N) is 4. The van der Waals surface area contributed by atoms with Crippen molar-refractivity contribution < 1.29 is 69.5 Å². The van der Waals surface area contributed by atoms with Crippen molar-refractivity contribution in [2.24, 2.45) is 11.8 Å². The molecule has 32 heteroatoms. The van der Waals surface area contributed by atoms with E-state index in [0.717, 1.165) is 0 Å². The highest BCUT2D eigenvalue weighted by molar-refractivity contribution is 7.49. The summed E-state index contributed by atoms with van der Waals surface area (Å²) in [5.74, 6) is -1.35. The lowest BCUT2D eigenvalue weighted by Crippen LogP contribution is -2.38. The lowest BCUT2D eigenvalue weighted by molar-refractivity contribution is -0.119. The van der Waals surface area contributed by atoms with Crippen molar-refractivity contribution in [1.82, 2.24) is 39.0 Å². The fourth-order valence-corrected chi connectivity index (χ4v) is 13.9. The van der Waals surface area contributed by atoms with Crippen LogP contribution in [0, 0.1) is 23.2 Å². The summed E-state index contributed by atoms with van der Waals surface area (Å²) in [6.45, 7) is 5.08. The molecule has 96 heavy (non-hydrogen) atoms. The predicted molar refractivity (Wildman–Crippen MR) is 350 cm³/mol. The summed E-state index contributed by atoms with van der Waals surface area (Å²) in [4.78, 5) is 75.8. The fraction of sp³-hybridized carbons (Fsp3) is 0.328. The van der Waals surface area contributed by atoms with Gasteiger partial charge in [-0.15, -0.1) is 0 Å². The monoisotopic (exact) mass is 1390 g/mol. The van der Waals surface area contributed by atoms with Gasteiger partial charge in [0.2, 0.25) is 23.7 Å². The van der Waals surface area contributed by atoms with E-state index in [2.05, 4.69) is 40.5 Å². The number of phosphoric ester groups is 2. The van der Waals surface area contributed by atoms with E-state index in [1.165, 1.54) is 46.1 Å². The van der Waals surface area contributed by atoms with Gasteiger partial charge < -0.3 is 32.7 Å². The zero-order valence-corrected chi connectivity index (χ0v) is 55.7. The number of hydrogen-bond donors (Lipinski definition) is 4. The number of benzene rings is 5. The molecule has 2 aliphatic rings. The Hall–Kier alpha value is -8.81. The van der Waals surface area contributed by atoms with Crippen molar-refractivity contribution in [3.63, 3.8) is 0 Å². The summed E-state index contributed by atoms with van der Waals surface area (Å²) in [5, 5.41) is 14.8. The van der Waals surface area contributed by atoms with Crippen molar-refractivity contribution >= 4 is 84.9 Å². The van der Waals surface area contributed by atoms with E-state index in [1.54, 1.807) is 90.4 Å². The molecule has 2 amide bonds. The number of aromatic nitrogens is 8. The Morgan fingerprint density at radius 1 is 0.635 bits per heavy atom. The summed E-state index contributed by atoms with van der Waals surface area (Å²) in [7, 11) is -6.95. The Morgan fingerprint density at radius 2 is 1.06 bits per heavy atom. The summed E-state index contributed by atoms with van der Waals surface area (Å²) < 4.78 is 104. The minimum Gasteiger partial charge on any atom is -0.497 e. The Morgan fingerprint density at radius 3 is 1.50 bits per heavy atom. The van der Waals surface area contributed by atoms with Crippen LogP contribution in [0.5, 0.6) is 23.0 Å². The molecule has 0 aliphatic carbocycles. The first-order chi connectivity index (χ1) is 46.2. The predicted octanol–water partition coefficient (Wildman–Crippen LogP) is 11.4. The maximum atomic E-state index is 16.3. The number of fused-ring (bicyclic) bond motifs is 2. The molecule has 0 radical (unpaired) electrons.